The van der Waals surface area contributed by atoms with Gasteiger partial charge in [-0.2, -0.15) is 5.10 Å². The van der Waals surface area contributed by atoms with Crippen LogP contribution in [-0.2, 0) is 0 Å². The van der Waals surface area contributed by atoms with E-state index < -0.39 is 0 Å². The average Bonchev–Trinajstić information content (AvgIpc) is 3.12. The average molecular weight is 433 g/mol. The normalized spacial score (nSPS) is 10.6. The number of halogens is 1. The quantitative estimate of drug-likeness (QED) is 0.478. The highest BCUT2D eigenvalue weighted by Gasteiger charge is 2.11. The number of carbonyl (C=O) groups is 1. The number of hydrogen-bond acceptors (Lipinski definition) is 3. The van der Waals surface area contributed by atoms with E-state index in [2.05, 4.69) is 49.5 Å². The minimum Gasteiger partial charge on any atom is -0.307 e. The number of amides is 1. The van der Waals surface area contributed by atoms with E-state index in [0.29, 0.717) is 11.4 Å². The van der Waals surface area contributed by atoms with E-state index in [0.717, 1.165) is 27.1 Å². The first-order valence-corrected chi connectivity index (χ1v) is 9.55. The Bertz CT molecular complexity index is 1100. The predicted molar refractivity (Wildman–Crippen MR) is 114 cm³/mol. The van der Waals surface area contributed by atoms with E-state index in [-0.39, 0.29) is 5.91 Å². The van der Waals surface area contributed by atoms with Gasteiger partial charge >= 0.3 is 0 Å². The van der Waals surface area contributed by atoms with Crippen molar-refractivity contribution in [3.8, 4) is 16.9 Å². The lowest BCUT2D eigenvalue weighted by atomic mass is 10.1. The first kappa shape index (κ1) is 18.1. The summed E-state index contributed by atoms with van der Waals surface area (Å²) in [6.45, 7) is 1.97. The molecule has 6 heteroatoms. The molecule has 0 saturated carbocycles. The highest BCUT2D eigenvalue weighted by atomic mass is 79.9. The Kier molecular flexibility index (Phi) is 5.04. The van der Waals surface area contributed by atoms with Gasteiger partial charge in [-0.15, -0.1) is 0 Å². The van der Waals surface area contributed by atoms with Crippen molar-refractivity contribution in [2.24, 2.45) is 0 Å². The van der Waals surface area contributed by atoms with Crippen LogP contribution in [0.4, 0.5) is 5.82 Å². The molecular formula is C22H17BrN4O. The van der Waals surface area contributed by atoms with Gasteiger partial charge in [0.25, 0.3) is 5.91 Å². The Balaban J connectivity index is 1.59. The molecule has 0 aliphatic rings. The van der Waals surface area contributed by atoms with Crippen molar-refractivity contribution < 1.29 is 4.79 Å². The molecule has 2 aromatic heterocycles. The maximum atomic E-state index is 12.5. The van der Waals surface area contributed by atoms with Gasteiger partial charge in [0.05, 0.1) is 17.1 Å². The lowest BCUT2D eigenvalue weighted by Gasteiger charge is -2.09. The minimum absolute atomic E-state index is 0.207. The summed E-state index contributed by atoms with van der Waals surface area (Å²) in [5, 5.41) is 7.40. The summed E-state index contributed by atoms with van der Waals surface area (Å²) in [7, 11) is 0. The number of nitrogens with zero attached hydrogens (tertiary/aromatic N) is 3. The summed E-state index contributed by atoms with van der Waals surface area (Å²) in [4.78, 5) is 16.6. The van der Waals surface area contributed by atoms with Crippen LogP contribution in [0.15, 0.2) is 83.5 Å². The van der Waals surface area contributed by atoms with Crippen molar-refractivity contribution in [1.29, 1.82) is 0 Å². The molecule has 0 saturated heterocycles. The molecule has 0 aliphatic carbocycles. The molecule has 0 aliphatic heterocycles. The molecule has 0 radical (unpaired) electrons. The van der Waals surface area contributed by atoms with Gasteiger partial charge in [0, 0.05) is 21.8 Å². The Hall–Kier alpha value is -3.25. The van der Waals surface area contributed by atoms with E-state index in [1.54, 1.807) is 24.4 Å². The van der Waals surface area contributed by atoms with Crippen molar-refractivity contribution in [3.05, 3.63) is 94.7 Å². The summed E-state index contributed by atoms with van der Waals surface area (Å²) in [6.07, 6.45) is 1.64. The van der Waals surface area contributed by atoms with E-state index in [9.17, 15) is 4.79 Å². The molecule has 4 rings (SSSR count). The van der Waals surface area contributed by atoms with Crippen LogP contribution >= 0.6 is 15.9 Å². The molecule has 0 atom stereocenters. The number of aromatic nitrogens is 3. The number of hydrogen-bond donors (Lipinski definition) is 1. The molecule has 2 heterocycles. The molecule has 28 heavy (non-hydrogen) atoms. The zero-order chi connectivity index (χ0) is 19.5. The van der Waals surface area contributed by atoms with Crippen LogP contribution in [-0.4, -0.2) is 20.7 Å². The smallest absolute Gasteiger partial charge is 0.256 e. The lowest BCUT2D eigenvalue weighted by Crippen LogP contribution is -2.13. The minimum atomic E-state index is -0.207. The molecule has 5 nitrogen and oxygen atoms in total. The fourth-order valence-corrected chi connectivity index (χ4v) is 3.14. The summed E-state index contributed by atoms with van der Waals surface area (Å²) >= 11 is 3.33. The van der Waals surface area contributed by atoms with Crippen LogP contribution in [0.25, 0.3) is 16.9 Å². The number of rotatable bonds is 4. The maximum absolute atomic E-state index is 12.5. The van der Waals surface area contributed by atoms with Gasteiger partial charge in [-0.25, -0.2) is 9.67 Å². The van der Waals surface area contributed by atoms with Crippen LogP contribution in [0.3, 0.4) is 0 Å². The fourth-order valence-electron chi connectivity index (χ4n) is 2.90. The Morgan fingerprint density at radius 3 is 2.43 bits per heavy atom. The van der Waals surface area contributed by atoms with Gasteiger partial charge in [-0.05, 0) is 65.3 Å². The first-order valence-electron chi connectivity index (χ1n) is 8.75. The van der Waals surface area contributed by atoms with E-state index >= 15 is 0 Å². The predicted octanol–water partition coefficient (Wildman–Crippen LogP) is 5.26. The number of aryl methyl sites for hydroxylation is 1. The zero-order valence-electron chi connectivity index (χ0n) is 15.1. The second-order valence-electron chi connectivity index (χ2n) is 6.31. The number of nitrogens with one attached hydrogen (secondary N) is 1. The second-order valence-corrected chi connectivity index (χ2v) is 7.23. The third-order valence-electron chi connectivity index (χ3n) is 4.24. The van der Waals surface area contributed by atoms with Crippen molar-refractivity contribution >= 4 is 27.7 Å². The third-order valence-corrected chi connectivity index (χ3v) is 4.71. The molecule has 1 N–H and O–H groups in total. The van der Waals surface area contributed by atoms with Gasteiger partial charge < -0.3 is 5.32 Å². The van der Waals surface area contributed by atoms with Crippen LogP contribution in [0, 0.1) is 6.92 Å². The SMILES string of the molecule is Cc1cc(-c2ccccc2)n(-c2ccc(C(=O)Nc3ccc(Br)cn3)cc2)n1. The monoisotopic (exact) mass is 432 g/mol. The number of anilines is 1. The van der Waals surface area contributed by atoms with Crippen molar-refractivity contribution in [2.45, 2.75) is 6.92 Å². The molecule has 0 unspecified atom stereocenters. The Labute approximate surface area is 171 Å². The number of pyridine rings is 1. The van der Waals surface area contributed by atoms with Crippen LogP contribution in [0.1, 0.15) is 16.1 Å². The first-order chi connectivity index (χ1) is 13.6. The van der Waals surface area contributed by atoms with Gasteiger partial charge in [0.15, 0.2) is 0 Å². The van der Waals surface area contributed by atoms with E-state index in [4.69, 9.17) is 0 Å². The number of benzene rings is 2. The largest absolute Gasteiger partial charge is 0.307 e. The van der Waals surface area contributed by atoms with Crippen LogP contribution < -0.4 is 5.32 Å². The standard InChI is InChI=1S/C22H17BrN4O/c1-15-13-20(16-5-3-2-4-6-16)27(26-15)19-10-7-17(8-11-19)22(28)25-21-12-9-18(23)14-24-21/h2-14H,1H3,(H,24,25,28). The molecule has 2 aromatic carbocycles. The zero-order valence-corrected chi connectivity index (χ0v) is 16.7. The lowest BCUT2D eigenvalue weighted by molar-refractivity contribution is 0.102. The molecule has 138 valence electrons. The molecule has 0 spiro atoms. The van der Waals surface area contributed by atoms with Crippen molar-refractivity contribution in [2.75, 3.05) is 5.32 Å². The molecule has 1 amide bonds. The topological polar surface area (TPSA) is 59.8 Å². The third kappa shape index (κ3) is 3.87. The molecule has 4 aromatic rings. The second kappa shape index (κ2) is 7.78. The van der Waals surface area contributed by atoms with Gasteiger partial charge in [-0.1, -0.05) is 30.3 Å². The summed E-state index contributed by atoms with van der Waals surface area (Å²) < 4.78 is 2.75. The Morgan fingerprint density at radius 2 is 1.75 bits per heavy atom. The Morgan fingerprint density at radius 1 is 1.00 bits per heavy atom. The molecular weight excluding hydrogens is 416 g/mol. The van der Waals surface area contributed by atoms with Gasteiger partial charge in [0.2, 0.25) is 0 Å². The van der Waals surface area contributed by atoms with E-state index in [1.807, 2.05) is 48.0 Å². The van der Waals surface area contributed by atoms with E-state index in [1.165, 1.54) is 0 Å². The summed E-state index contributed by atoms with van der Waals surface area (Å²) in [5.74, 6) is 0.299. The maximum Gasteiger partial charge on any atom is 0.256 e. The fraction of sp³-hybridized carbons (Fsp3) is 0.0455. The van der Waals surface area contributed by atoms with Crippen molar-refractivity contribution in [1.82, 2.24) is 14.8 Å². The van der Waals surface area contributed by atoms with Crippen LogP contribution in [0.2, 0.25) is 0 Å². The summed E-state index contributed by atoms with van der Waals surface area (Å²) in [6, 6.07) is 23.1. The number of carbonyl (C=O) groups excluding carboxylic acids is 1. The van der Waals surface area contributed by atoms with Crippen molar-refractivity contribution in [3.63, 3.8) is 0 Å². The highest BCUT2D eigenvalue weighted by Crippen LogP contribution is 2.24. The van der Waals surface area contributed by atoms with Gasteiger partial charge in [0.1, 0.15) is 5.82 Å². The molecule has 0 fully saturated rings. The highest BCUT2D eigenvalue weighted by molar-refractivity contribution is 9.10. The summed E-state index contributed by atoms with van der Waals surface area (Å²) in [5.41, 5.74) is 4.48. The van der Waals surface area contributed by atoms with Crippen LogP contribution in [0.5, 0.6) is 0 Å². The molecule has 0 bridgehead atoms. The van der Waals surface area contributed by atoms with Gasteiger partial charge in [-0.3, -0.25) is 4.79 Å².